The van der Waals surface area contributed by atoms with Gasteiger partial charge in [-0.1, -0.05) is 18.5 Å². The minimum atomic E-state index is 0.283. The first-order chi connectivity index (χ1) is 6.61. The zero-order valence-corrected chi connectivity index (χ0v) is 9.89. The summed E-state index contributed by atoms with van der Waals surface area (Å²) in [5.41, 5.74) is 1.14. The molecule has 2 rings (SSSR count). The van der Waals surface area contributed by atoms with Crippen molar-refractivity contribution in [2.24, 2.45) is 13.0 Å². The molecule has 0 saturated heterocycles. The van der Waals surface area contributed by atoms with E-state index in [9.17, 15) is 0 Å². The van der Waals surface area contributed by atoms with Crippen molar-refractivity contribution < 1.29 is 0 Å². The summed E-state index contributed by atoms with van der Waals surface area (Å²) in [7, 11) is 1.94. The molecule has 3 atom stereocenters. The van der Waals surface area contributed by atoms with Crippen molar-refractivity contribution in [1.82, 2.24) is 9.78 Å². The number of aryl methyl sites for hydroxylation is 1. The normalized spacial score (nSPS) is 32.4. The second kappa shape index (κ2) is 3.74. The minimum absolute atomic E-state index is 0.283. The minimum Gasteiger partial charge on any atom is -0.271 e. The number of hydrogen-bond donors (Lipinski definition) is 0. The fourth-order valence-corrected chi connectivity index (χ4v) is 2.95. The maximum Gasteiger partial charge on any atom is 0.0820 e. The molecule has 1 fully saturated rings. The van der Waals surface area contributed by atoms with E-state index in [0.29, 0.717) is 11.8 Å². The lowest BCUT2D eigenvalue weighted by atomic mass is 9.94. The van der Waals surface area contributed by atoms with E-state index in [1.807, 2.05) is 11.7 Å². The van der Waals surface area contributed by atoms with Crippen molar-refractivity contribution in [3.8, 4) is 0 Å². The number of halogens is 2. The molecule has 1 aromatic rings. The highest BCUT2D eigenvalue weighted by Crippen LogP contribution is 2.43. The molecular weight excluding hydrogens is 219 g/mol. The van der Waals surface area contributed by atoms with Gasteiger partial charge < -0.3 is 0 Å². The number of alkyl halides is 1. The van der Waals surface area contributed by atoms with Crippen LogP contribution in [-0.2, 0) is 7.05 Å². The molecule has 0 aliphatic heterocycles. The second-order valence-corrected chi connectivity index (χ2v) is 5.03. The predicted octanol–water partition coefficient (Wildman–Crippen LogP) is 3.19. The Morgan fingerprint density at radius 1 is 1.50 bits per heavy atom. The molecule has 0 bridgehead atoms. The van der Waals surface area contributed by atoms with Crippen molar-refractivity contribution in [3.05, 3.63) is 16.9 Å². The van der Waals surface area contributed by atoms with Gasteiger partial charge in [0.15, 0.2) is 0 Å². The van der Waals surface area contributed by atoms with E-state index in [4.69, 9.17) is 23.2 Å². The third-order valence-corrected chi connectivity index (χ3v) is 4.15. The Bertz CT molecular complexity index is 315. The summed E-state index contributed by atoms with van der Waals surface area (Å²) in [5, 5.41) is 5.22. The first kappa shape index (κ1) is 10.3. The predicted molar refractivity (Wildman–Crippen MR) is 59.0 cm³/mol. The first-order valence-corrected chi connectivity index (χ1v) is 5.74. The Morgan fingerprint density at radius 2 is 2.21 bits per heavy atom. The molecule has 78 valence electrons. The van der Waals surface area contributed by atoms with Crippen LogP contribution in [0, 0.1) is 5.92 Å². The lowest BCUT2D eigenvalue weighted by Gasteiger charge is -2.17. The van der Waals surface area contributed by atoms with E-state index < -0.39 is 0 Å². The van der Waals surface area contributed by atoms with Crippen LogP contribution in [-0.4, -0.2) is 15.2 Å². The monoisotopic (exact) mass is 232 g/mol. The molecule has 1 heterocycles. The smallest absolute Gasteiger partial charge is 0.0820 e. The molecule has 1 aliphatic carbocycles. The quantitative estimate of drug-likeness (QED) is 0.681. The molecule has 0 N–H and O–H groups in total. The topological polar surface area (TPSA) is 17.8 Å². The third-order valence-electron chi connectivity index (χ3n) is 3.25. The van der Waals surface area contributed by atoms with Crippen LogP contribution in [0.5, 0.6) is 0 Å². The molecular formula is C10H14Cl2N2. The summed E-state index contributed by atoms with van der Waals surface area (Å²) in [5.74, 6) is 0.960. The van der Waals surface area contributed by atoms with Crippen molar-refractivity contribution in [2.45, 2.75) is 31.1 Å². The van der Waals surface area contributed by atoms with Gasteiger partial charge in [0.2, 0.25) is 0 Å². The molecule has 0 radical (unpaired) electrons. The van der Waals surface area contributed by atoms with Crippen LogP contribution in [0.4, 0.5) is 0 Å². The number of rotatable bonds is 1. The number of nitrogens with zero attached hydrogens (tertiary/aromatic N) is 2. The van der Waals surface area contributed by atoms with E-state index in [-0.39, 0.29) is 5.38 Å². The van der Waals surface area contributed by atoms with Crippen LogP contribution in [0.2, 0.25) is 5.02 Å². The third kappa shape index (κ3) is 1.55. The maximum atomic E-state index is 6.21. The van der Waals surface area contributed by atoms with Crippen LogP contribution >= 0.6 is 23.2 Å². The van der Waals surface area contributed by atoms with Gasteiger partial charge in [0.05, 0.1) is 16.9 Å². The van der Waals surface area contributed by atoms with Crippen LogP contribution in [0.15, 0.2) is 6.20 Å². The molecule has 1 aliphatic rings. The molecule has 2 nitrogen and oxygen atoms in total. The van der Waals surface area contributed by atoms with E-state index in [1.54, 1.807) is 6.20 Å². The van der Waals surface area contributed by atoms with Gasteiger partial charge in [-0.2, -0.15) is 5.10 Å². The number of aromatic nitrogens is 2. The lowest BCUT2D eigenvalue weighted by Crippen LogP contribution is -2.13. The lowest BCUT2D eigenvalue weighted by molar-refractivity contribution is 0.502. The summed E-state index contributed by atoms with van der Waals surface area (Å²) in [6.07, 6.45) is 3.91. The molecule has 0 spiro atoms. The van der Waals surface area contributed by atoms with Crippen molar-refractivity contribution in [2.75, 3.05) is 0 Å². The first-order valence-electron chi connectivity index (χ1n) is 4.92. The van der Waals surface area contributed by atoms with E-state index in [0.717, 1.165) is 23.6 Å². The van der Waals surface area contributed by atoms with Gasteiger partial charge >= 0.3 is 0 Å². The zero-order chi connectivity index (χ0) is 10.3. The van der Waals surface area contributed by atoms with Gasteiger partial charge in [0.1, 0.15) is 0 Å². The maximum absolute atomic E-state index is 6.21. The van der Waals surface area contributed by atoms with Gasteiger partial charge in [-0.05, 0) is 18.8 Å². The number of hydrogen-bond acceptors (Lipinski definition) is 1. The SMILES string of the molecule is CC1C(Cl)CCC1c1c(Cl)cnn1C. The molecule has 4 heteroatoms. The molecule has 0 aromatic carbocycles. The Labute approximate surface area is 94.2 Å². The van der Waals surface area contributed by atoms with Crippen LogP contribution in [0.3, 0.4) is 0 Å². The Kier molecular flexibility index (Phi) is 2.76. The van der Waals surface area contributed by atoms with Crippen molar-refractivity contribution in [3.63, 3.8) is 0 Å². The molecule has 1 aromatic heterocycles. The Hall–Kier alpha value is -0.210. The van der Waals surface area contributed by atoms with Gasteiger partial charge in [0.25, 0.3) is 0 Å². The Morgan fingerprint density at radius 3 is 2.64 bits per heavy atom. The highest BCUT2D eigenvalue weighted by molar-refractivity contribution is 6.31. The fraction of sp³-hybridized carbons (Fsp3) is 0.700. The average molecular weight is 233 g/mol. The zero-order valence-electron chi connectivity index (χ0n) is 8.37. The van der Waals surface area contributed by atoms with Gasteiger partial charge in [0, 0.05) is 18.3 Å². The largest absolute Gasteiger partial charge is 0.271 e. The molecule has 14 heavy (non-hydrogen) atoms. The summed E-state index contributed by atoms with van der Waals surface area (Å²) in [6, 6.07) is 0. The Balaban J connectivity index is 2.32. The second-order valence-electron chi connectivity index (χ2n) is 4.06. The van der Waals surface area contributed by atoms with Crippen LogP contribution in [0.25, 0.3) is 0 Å². The standard InChI is InChI=1S/C10H14Cl2N2/c1-6-7(3-4-8(6)11)10-9(12)5-13-14(10)2/h5-8H,3-4H2,1-2H3. The summed E-state index contributed by atoms with van der Waals surface area (Å²) in [4.78, 5) is 0. The average Bonchev–Trinajstić information content (AvgIpc) is 2.62. The van der Waals surface area contributed by atoms with Gasteiger partial charge in [-0.25, -0.2) is 0 Å². The van der Waals surface area contributed by atoms with Crippen molar-refractivity contribution >= 4 is 23.2 Å². The molecule has 3 unspecified atom stereocenters. The van der Waals surface area contributed by atoms with E-state index >= 15 is 0 Å². The van der Waals surface area contributed by atoms with E-state index in [2.05, 4.69) is 12.0 Å². The van der Waals surface area contributed by atoms with Crippen LogP contribution in [0.1, 0.15) is 31.4 Å². The summed E-state index contributed by atoms with van der Waals surface area (Å²) < 4.78 is 1.87. The summed E-state index contributed by atoms with van der Waals surface area (Å²) >= 11 is 12.3. The van der Waals surface area contributed by atoms with Crippen LogP contribution < -0.4 is 0 Å². The van der Waals surface area contributed by atoms with Gasteiger partial charge in [-0.15, -0.1) is 11.6 Å². The fourth-order valence-electron chi connectivity index (χ4n) is 2.34. The molecule has 0 amide bonds. The van der Waals surface area contributed by atoms with Crippen molar-refractivity contribution in [1.29, 1.82) is 0 Å². The highest BCUT2D eigenvalue weighted by atomic mass is 35.5. The molecule has 1 saturated carbocycles. The van der Waals surface area contributed by atoms with E-state index in [1.165, 1.54) is 0 Å². The van der Waals surface area contributed by atoms with Gasteiger partial charge in [-0.3, -0.25) is 4.68 Å². The summed E-state index contributed by atoms with van der Waals surface area (Å²) in [6.45, 7) is 2.19. The highest BCUT2D eigenvalue weighted by Gasteiger charge is 2.35.